The van der Waals surface area contributed by atoms with Gasteiger partial charge in [0.05, 0.1) is 6.33 Å². The van der Waals surface area contributed by atoms with E-state index in [0.717, 1.165) is 6.42 Å². The Kier molecular flexibility index (Phi) is 4.53. The quantitative estimate of drug-likeness (QED) is 0.812. The second-order valence-corrected chi connectivity index (χ2v) is 6.08. The van der Waals surface area contributed by atoms with Gasteiger partial charge in [-0.1, -0.05) is 6.92 Å². The largest absolute Gasteiger partial charge is 0.354 e. The molecule has 17 heavy (non-hydrogen) atoms. The monoisotopic (exact) mass is 279 g/mol. The van der Waals surface area contributed by atoms with Gasteiger partial charge in [-0.2, -0.15) is 0 Å². The summed E-state index contributed by atoms with van der Waals surface area (Å²) in [5, 5.41) is 2.45. The Balaban J connectivity index is 2.80. The van der Waals surface area contributed by atoms with Gasteiger partial charge < -0.3 is 9.88 Å². The van der Waals surface area contributed by atoms with Crippen LogP contribution in [0.3, 0.4) is 0 Å². The summed E-state index contributed by atoms with van der Waals surface area (Å²) in [6, 6.07) is -0.527. The highest BCUT2D eigenvalue weighted by Gasteiger charge is 2.18. The average Bonchev–Trinajstić information content (AvgIpc) is 2.73. The standard InChI is InChI=1S/C9H14ClN3O3S/c1-3-4-11-9(14)7(2)13-5-8(12-6-13)17(10,15)16/h5-7H,3-4H2,1-2H3,(H,11,14). The van der Waals surface area contributed by atoms with Crippen LogP contribution in [0.2, 0.25) is 0 Å². The lowest BCUT2D eigenvalue weighted by Gasteiger charge is -2.12. The maximum absolute atomic E-state index is 11.6. The lowest BCUT2D eigenvalue weighted by Crippen LogP contribution is -2.31. The molecule has 1 aromatic heterocycles. The number of amides is 1. The molecule has 1 atom stereocenters. The molecule has 1 aromatic rings. The summed E-state index contributed by atoms with van der Waals surface area (Å²) >= 11 is 0. The molecule has 96 valence electrons. The number of carbonyl (C=O) groups excluding carboxylic acids is 1. The van der Waals surface area contributed by atoms with Crippen LogP contribution in [-0.4, -0.2) is 30.4 Å². The van der Waals surface area contributed by atoms with E-state index in [9.17, 15) is 13.2 Å². The molecule has 0 spiro atoms. The highest BCUT2D eigenvalue weighted by Crippen LogP contribution is 2.14. The SMILES string of the molecule is CCCNC(=O)C(C)n1cnc(S(=O)(=O)Cl)c1. The molecule has 0 aliphatic rings. The summed E-state index contributed by atoms with van der Waals surface area (Å²) in [6.45, 7) is 4.18. The van der Waals surface area contributed by atoms with Gasteiger partial charge in [-0.3, -0.25) is 4.79 Å². The second kappa shape index (κ2) is 5.50. The third kappa shape index (κ3) is 3.71. The van der Waals surface area contributed by atoms with Crippen molar-refractivity contribution in [1.29, 1.82) is 0 Å². The van der Waals surface area contributed by atoms with Gasteiger partial charge in [-0.25, -0.2) is 13.4 Å². The van der Waals surface area contributed by atoms with Crippen molar-refractivity contribution in [2.75, 3.05) is 6.54 Å². The predicted molar refractivity (Wildman–Crippen MR) is 63.3 cm³/mol. The van der Waals surface area contributed by atoms with Crippen LogP contribution in [-0.2, 0) is 13.8 Å². The predicted octanol–water partition coefficient (Wildman–Crippen LogP) is 0.898. The van der Waals surface area contributed by atoms with Crippen LogP contribution in [0.25, 0.3) is 0 Å². The van der Waals surface area contributed by atoms with Gasteiger partial charge in [0, 0.05) is 23.4 Å². The van der Waals surface area contributed by atoms with Crippen molar-refractivity contribution in [2.45, 2.75) is 31.3 Å². The zero-order chi connectivity index (χ0) is 13.1. The van der Waals surface area contributed by atoms with Crippen LogP contribution < -0.4 is 5.32 Å². The zero-order valence-corrected chi connectivity index (χ0v) is 11.1. The Morgan fingerprint density at radius 3 is 2.76 bits per heavy atom. The molecular formula is C9H14ClN3O3S. The lowest BCUT2D eigenvalue weighted by atomic mass is 10.3. The summed E-state index contributed by atoms with van der Waals surface area (Å²) in [7, 11) is 1.29. The summed E-state index contributed by atoms with van der Waals surface area (Å²) in [4.78, 5) is 15.3. The number of hydrogen-bond acceptors (Lipinski definition) is 4. The van der Waals surface area contributed by atoms with Crippen molar-refractivity contribution in [2.24, 2.45) is 0 Å². The maximum Gasteiger partial charge on any atom is 0.280 e. The molecule has 1 amide bonds. The highest BCUT2D eigenvalue weighted by atomic mass is 35.7. The van der Waals surface area contributed by atoms with E-state index in [1.165, 1.54) is 17.1 Å². The molecule has 1 rings (SSSR count). The summed E-state index contributed by atoms with van der Waals surface area (Å²) < 4.78 is 23.4. The highest BCUT2D eigenvalue weighted by molar-refractivity contribution is 8.13. The number of carbonyl (C=O) groups is 1. The van der Waals surface area contributed by atoms with Crippen molar-refractivity contribution >= 4 is 25.6 Å². The van der Waals surface area contributed by atoms with Gasteiger partial charge in [-0.15, -0.1) is 0 Å². The Hall–Kier alpha value is -1.08. The van der Waals surface area contributed by atoms with Crippen molar-refractivity contribution in [3.63, 3.8) is 0 Å². The van der Waals surface area contributed by atoms with Crippen LogP contribution in [0.4, 0.5) is 0 Å². The minimum atomic E-state index is -3.85. The third-order valence-corrected chi connectivity index (χ3v) is 3.39. The molecule has 0 bridgehead atoms. The number of nitrogens with zero attached hydrogens (tertiary/aromatic N) is 2. The van der Waals surface area contributed by atoms with Crippen LogP contribution in [0.15, 0.2) is 17.6 Å². The van der Waals surface area contributed by atoms with E-state index in [0.29, 0.717) is 6.54 Å². The second-order valence-electron chi connectivity index (χ2n) is 3.56. The molecule has 6 nitrogen and oxygen atoms in total. The van der Waals surface area contributed by atoms with Crippen molar-refractivity contribution < 1.29 is 13.2 Å². The van der Waals surface area contributed by atoms with Gasteiger partial charge >= 0.3 is 0 Å². The minimum absolute atomic E-state index is 0.192. The Labute approximate surface area is 104 Å². The fraction of sp³-hybridized carbons (Fsp3) is 0.556. The Bertz CT molecular complexity index is 497. The number of hydrogen-bond donors (Lipinski definition) is 1. The third-order valence-electron chi connectivity index (χ3n) is 2.20. The van der Waals surface area contributed by atoms with E-state index < -0.39 is 15.1 Å². The molecular weight excluding hydrogens is 266 g/mol. The van der Waals surface area contributed by atoms with Gasteiger partial charge in [0.2, 0.25) is 5.91 Å². The van der Waals surface area contributed by atoms with Crippen molar-refractivity contribution in [1.82, 2.24) is 14.9 Å². The first-order chi connectivity index (χ1) is 7.86. The van der Waals surface area contributed by atoms with Crippen LogP contribution in [0.1, 0.15) is 26.3 Å². The first-order valence-electron chi connectivity index (χ1n) is 5.12. The van der Waals surface area contributed by atoms with Crippen LogP contribution in [0.5, 0.6) is 0 Å². The molecule has 0 radical (unpaired) electrons. The van der Waals surface area contributed by atoms with E-state index in [1.807, 2.05) is 6.92 Å². The summed E-state index contributed by atoms with van der Waals surface area (Å²) in [6.07, 6.45) is 3.34. The zero-order valence-electron chi connectivity index (χ0n) is 9.55. The molecule has 0 saturated carbocycles. The number of halogens is 1. The van der Waals surface area contributed by atoms with E-state index in [2.05, 4.69) is 10.3 Å². The van der Waals surface area contributed by atoms with Crippen LogP contribution in [0, 0.1) is 0 Å². The Morgan fingerprint density at radius 2 is 2.29 bits per heavy atom. The van der Waals surface area contributed by atoms with Gasteiger partial charge in [0.15, 0.2) is 5.03 Å². The minimum Gasteiger partial charge on any atom is -0.354 e. The van der Waals surface area contributed by atoms with Crippen molar-refractivity contribution in [3.8, 4) is 0 Å². The fourth-order valence-electron chi connectivity index (χ4n) is 1.19. The summed E-state index contributed by atoms with van der Waals surface area (Å²) in [5.41, 5.74) is 0. The van der Waals surface area contributed by atoms with E-state index >= 15 is 0 Å². The molecule has 0 fully saturated rings. The van der Waals surface area contributed by atoms with Crippen LogP contribution >= 0.6 is 10.7 Å². The van der Waals surface area contributed by atoms with E-state index in [-0.39, 0.29) is 10.9 Å². The average molecular weight is 280 g/mol. The van der Waals surface area contributed by atoms with Crippen molar-refractivity contribution in [3.05, 3.63) is 12.5 Å². The summed E-state index contributed by atoms with van der Waals surface area (Å²) in [5.74, 6) is -0.192. The number of rotatable bonds is 5. The maximum atomic E-state index is 11.6. The van der Waals surface area contributed by atoms with E-state index in [1.54, 1.807) is 6.92 Å². The number of imidazole rings is 1. The smallest absolute Gasteiger partial charge is 0.280 e. The number of nitrogens with one attached hydrogen (secondary N) is 1. The number of aromatic nitrogens is 2. The lowest BCUT2D eigenvalue weighted by molar-refractivity contribution is -0.123. The van der Waals surface area contributed by atoms with Gasteiger partial charge in [0.25, 0.3) is 9.05 Å². The van der Waals surface area contributed by atoms with Gasteiger partial charge in [-0.05, 0) is 13.3 Å². The van der Waals surface area contributed by atoms with E-state index in [4.69, 9.17) is 10.7 Å². The molecule has 0 saturated heterocycles. The molecule has 0 aliphatic carbocycles. The fourth-order valence-corrected chi connectivity index (χ4v) is 1.85. The molecule has 8 heteroatoms. The molecule has 1 N–H and O–H groups in total. The molecule has 0 aromatic carbocycles. The first kappa shape index (κ1) is 14.0. The normalized spacial score (nSPS) is 13.4. The topological polar surface area (TPSA) is 81.1 Å². The molecule has 1 heterocycles. The van der Waals surface area contributed by atoms with Gasteiger partial charge in [0.1, 0.15) is 6.04 Å². The molecule has 0 aliphatic heterocycles. The molecule has 1 unspecified atom stereocenters. The first-order valence-corrected chi connectivity index (χ1v) is 7.43. The Morgan fingerprint density at radius 1 is 1.65 bits per heavy atom.